The van der Waals surface area contributed by atoms with Crippen LogP contribution in [0, 0.1) is 23.0 Å². The second-order valence-corrected chi connectivity index (χ2v) is 6.89. The molecule has 2 rings (SSSR count). The number of hydrogen-bond donors (Lipinski definition) is 0. The van der Waals surface area contributed by atoms with E-state index in [9.17, 15) is 0 Å². The fourth-order valence-corrected chi connectivity index (χ4v) is 1.84. The smallest absolute Gasteiger partial charge is 1.00 e. The fraction of sp³-hybridized carbons (Fsp3) is 0.526. The van der Waals surface area contributed by atoms with Gasteiger partial charge in [-0.25, -0.2) is 23.3 Å². The molecule has 0 atom stereocenters. The second-order valence-electron chi connectivity index (χ2n) is 6.89. The third kappa shape index (κ3) is 10.9. The third-order valence-electron chi connectivity index (χ3n) is 3.01. The van der Waals surface area contributed by atoms with Crippen LogP contribution in [0.15, 0.2) is 35.5 Å². The van der Waals surface area contributed by atoms with E-state index in [1.54, 1.807) is 0 Å². The number of allylic oxidation sites excluding steroid dienone is 8. The van der Waals surface area contributed by atoms with Gasteiger partial charge in [-0.3, -0.25) is 12.2 Å². The normalized spacial score (nSPS) is 15.3. The molecule has 0 bridgehead atoms. The van der Waals surface area contributed by atoms with Crippen molar-refractivity contribution in [2.24, 2.45) is 10.8 Å². The maximum atomic E-state index is 3.34. The van der Waals surface area contributed by atoms with Gasteiger partial charge < -0.3 is 24.8 Å². The van der Waals surface area contributed by atoms with Crippen LogP contribution in [0.4, 0.5) is 0 Å². The van der Waals surface area contributed by atoms with Crippen molar-refractivity contribution in [2.75, 3.05) is 0 Å². The van der Waals surface area contributed by atoms with Crippen molar-refractivity contribution >= 4 is 4.21 Å². The molecule has 3 heteroatoms. The minimum absolute atomic E-state index is 0. The summed E-state index contributed by atoms with van der Waals surface area (Å²) in [5, 5.41) is 0. The summed E-state index contributed by atoms with van der Waals surface area (Å²) in [5.41, 5.74) is 3.30. The molecule has 0 aromatic carbocycles. The Bertz CT molecular complexity index is 376. The van der Waals surface area contributed by atoms with Crippen molar-refractivity contribution in [3.8, 4) is 0 Å². The first-order chi connectivity index (χ1) is 9.21. The van der Waals surface area contributed by atoms with E-state index < -0.39 is 0 Å². The second kappa shape index (κ2) is 12.7. The molecule has 2 aliphatic rings. The zero-order valence-corrected chi connectivity index (χ0v) is 18.7. The summed E-state index contributed by atoms with van der Waals surface area (Å²) >= 11 is 1.30. The molecular weight excluding hydrogens is 390 g/mol. The van der Waals surface area contributed by atoms with Crippen LogP contribution in [0.25, 0.3) is 0 Å². The van der Waals surface area contributed by atoms with E-state index in [1.807, 2.05) is 0 Å². The van der Waals surface area contributed by atoms with E-state index in [0.29, 0.717) is 10.8 Å². The maximum absolute atomic E-state index is 3.34. The third-order valence-corrected chi connectivity index (χ3v) is 3.01. The molecule has 22 heavy (non-hydrogen) atoms. The monoisotopic (exact) mass is 416 g/mol. The summed E-state index contributed by atoms with van der Waals surface area (Å²) in [7, 11) is 0. The summed E-state index contributed by atoms with van der Waals surface area (Å²) in [6.07, 6.45) is 17.3. The molecule has 0 aromatic rings. The van der Waals surface area contributed by atoms with Crippen LogP contribution in [-0.2, 0) is 24.2 Å². The van der Waals surface area contributed by atoms with Crippen molar-refractivity contribution in [1.82, 2.24) is 0 Å². The van der Waals surface area contributed by atoms with E-state index in [4.69, 9.17) is 0 Å². The molecule has 0 spiro atoms. The van der Waals surface area contributed by atoms with Crippen LogP contribution in [0.3, 0.4) is 0 Å². The zero-order valence-electron chi connectivity index (χ0n) is 14.7. The zero-order chi connectivity index (χ0) is 15.8. The molecule has 0 heterocycles. The van der Waals surface area contributed by atoms with Gasteiger partial charge >= 0.3 is 28.4 Å². The Hall–Kier alpha value is 0.293. The van der Waals surface area contributed by atoms with Gasteiger partial charge in [-0.15, -0.1) is 12.8 Å². The molecule has 0 unspecified atom stereocenters. The Balaban J connectivity index is -0.000000273. The van der Waals surface area contributed by atoms with Gasteiger partial charge in [-0.05, 0) is 10.8 Å². The van der Waals surface area contributed by atoms with Crippen LogP contribution in [-0.4, -0.2) is 4.21 Å². The Morgan fingerprint density at radius 3 is 1.14 bits per heavy atom. The fourth-order valence-electron chi connectivity index (χ4n) is 1.84. The minimum Gasteiger partial charge on any atom is -1.00 e. The molecule has 0 saturated heterocycles. The average Bonchev–Trinajstić information content (AvgIpc) is 3.04. The quantitative estimate of drug-likeness (QED) is 0.462. The van der Waals surface area contributed by atoms with Gasteiger partial charge in [0.25, 0.3) is 0 Å². The standard InChI is InChI=1S/2C9H13.CH2.2ClH.Zr/c2*1-9(2,3)8-6-4-5-7-8;;;;/h2*4,6H,5H2,1-3H3;1H2;2*1H;/q2*-1;;;;+2/p-2. The SMILES string of the molecule is CC(C)(C)C1=[C-]CC=C1.CC(C)(C)C1=[C-]CC=C1.[CH2]=[Zr+2].[Cl-].[Cl-]. The van der Waals surface area contributed by atoms with Gasteiger partial charge in [0.15, 0.2) is 0 Å². The van der Waals surface area contributed by atoms with Gasteiger partial charge in [0, 0.05) is 0 Å². The Morgan fingerprint density at radius 1 is 0.773 bits per heavy atom. The molecule has 124 valence electrons. The van der Waals surface area contributed by atoms with Crippen molar-refractivity contribution in [1.29, 1.82) is 0 Å². The molecule has 0 aromatic heterocycles. The summed E-state index contributed by atoms with van der Waals surface area (Å²) in [6, 6.07) is 0. The number of hydrogen-bond acceptors (Lipinski definition) is 0. The van der Waals surface area contributed by atoms with Crippen LogP contribution >= 0.6 is 0 Å². The van der Waals surface area contributed by atoms with Gasteiger partial charge in [-0.2, -0.15) is 12.2 Å². The van der Waals surface area contributed by atoms with Crippen molar-refractivity contribution in [3.63, 3.8) is 0 Å². The van der Waals surface area contributed by atoms with Crippen LogP contribution in [0.1, 0.15) is 54.4 Å². The number of halogens is 2. The topological polar surface area (TPSA) is 0 Å². The number of rotatable bonds is 0. The Labute approximate surface area is 165 Å². The van der Waals surface area contributed by atoms with Gasteiger partial charge in [0.1, 0.15) is 0 Å². The molecule has 0 aliphatic heterocycles. The molecule has 0 saturated carbocycles. The van der Waals surface area contributed by atoms with Crippen LogP contribution in [0.5, 0.6) is 0 Å². The van der Waals surface area contributed by atoms with Gasteiger partial charge in [-0.1, -0.05) is 41.5 Å². The average molecular weight is 419 g/mol. The maximum Gasteiger partial charge on any atom is -1.00 e. The minimum atomic E-state index is 0. The Morgan fingerprint density at radius 2 is 1.05 bits per heavy atom. The molecule has 0 amide bonds. The van der Waals surface area contributed by atoms with E-state index >= 15 is 0 Å². The molecular formula is C19H28Cl2Zr-2. The predicted octanol–water partition coefficient (Wildman–Crippen LogP) is -0.583. The van der Waals surface area contributed by atoms with E-state index in [2.05, 4.69) is 82.2 Å². The van der Waals surface area contributed by atoms with E-state index in [-0.39, 0.29) is 24.8 Å². The van der Waals surface area contributed by atoms with E-state index in [0.717, 1.165) is 12.8 Å². The summed E-state index contributed by atoms with van der Waals surface area (Å²) < 4.78 is 3.34. The molecule has 0 N–H and O–H groups in total. The summed E-state index contributed by atoms with van der Waals surface area (Å²) in [6.45, 7) is 13.3. The summed E-state index contributed by atoms with van der Waals surface area (Å²) in [5.74, 6) is 0. The molecule has 0 radical (unpaired) electrons. The van der Waals surface area contributed by atoms with Gasteiger partial charge in [0.2, 0.25) is 0 Å². The first-order valence-electron chi connectivity index (χ1n) is 7.12. The first kappa shape index (κ1) is 27.2. The van der Waals surface area contributed by atoms with Crippen molar-refractivity contribution in [2.45, 2.75) is 54.4 Å². The molecule has 2 aliphatic carbocycles. The largest absolute Gasteiger partial charge is 1.00 e. The van der Waals surface area contributed by atoms with Crippen molar-refractivity contribution in [3.05, 3.63) is 47.6 Å². The van der Waals surface area contributed by atoms with Crippen LogP contribution in [0.2, 0.25) is 0 Å². The molecule has 0 nitrogen and oxygen atoms in total. The first-order valence-corrected chi connectivity index (χ1v) is 8.86. The van der Waals surface area contributed by atoms with Gasteiger partial charge in [0.05, 0.1) is 0 Å². The van der Waals surface area contributed by atoms with Crippen molar-refractivity contribution < 1.29 is 49.0 Å². The predicted molar refractivity (Wildman–Crippen MR) is 87.1 cm³/mol. The van der Waals surface area contributed by atoms with Crippen LogP contribution < -0.4 is 24.8 Å². The molecule has 0 fully saturated rings. The van der Waals surface area contributed by atoms with E-state index in [1.165, 1.54) is 35.4 Å². The Kier molecular flexibility index (Phi) is 15.7. The summed E-state index contributed by atoms with van der Waals surface area (Å²) in [4.78, 5) is 0.